The van der Waals surface area contributed by atoms with Gasteiger partial charge in [-0.15, -0.1) is 0 Å². The summed E-state index contributed by atoms with van der Waals surface area (Å²) in [5.74, 6) is -0.250. The highest BCUT2D eigenvalue weighted by molar-refractivity contribution is 5.70. The number of hydrogen-bond donors (Lipinski definition) is 2. The number of amides is 1. The van der Waals surface area contributed by atoms with Crippen LogP contribution in [-0.2, 0) is 9.53 Å². The third-order valence-corrected chi connectivity index (χ3v) is 4.72. The van der Waals surface area contributed by atoms with Gasteiger partial charge in [-0.2, -0.15) is 0 Å². The average Bonchev–Trinajstić information content (AvgIpc) is 2.84. The molecular formula is C17H30N2O4. The molecule has 2 fully saturated rings. The van der Waals surface area contributed by atoms with Crippen molar-refractivity contribution in [2.45, 2.75) is 64.5 Å². The van der Waals surface area contributed by atoms with Gasteiger partial charge in [0.1, 0.15) is 5.60 Å². The molecule has 6 nitrogen and oxygen atoms in total. The molecule has 1 saturated carbocycles. The van der Waals surface area contributed by atoms with Gasteiger partial charge in [-0.3, -0.25) is 4.79 Å². The van der Waals surface area contributed by atoms with Gasteiger partial charge >= 0.3 is 12.1 Å². The molecule has 2 N–H and O–H groups in total. The number of aliphatic carboxylic acids is 1. The Morgan fingerprint density at radius 3 is 2.39 bits per heavy atom. The number of carboxylic acids is 1. The van der Waals surface area contributed by atoms with Crippen molar-refractivity contribution in [3.8, 4) is 0 Å². The van der Waals surface area contributed by atoms with Crippen molar-refractivity contribution in [3.05, 3.63) is 0 Å². The van der Waals surface area contributed by atoms with Crippen molar-refractivity contribution < 1.29 is 19.4 Å². The predicted molar refractivity (Wildman–Crippen MR) is 87.3 cm³/mol. The minimum absolute atomic E-state index is 0.170. The first-order valence-electron chi connectivity index (χ1n) is 8.67. The minimum Gasteiger partial charge on any atom is -0.481 e. The molecule has 0 aromatic carbocycles. The Kier molecular flexibility index (Phi) is 5.89. The summed E-state index contributed by atoms with van der Waals surface area (Å²) in [4.78, 5) is 25.2. The molecule has 23 heavy (non-hydrogen) atoms. The number of carboxylic acid groups (broad SMARTS) is 1. The lowest BCUT2D eigenvalue weighted by atomic mass is 9.96. The maximum absolute atomic E-state index is 11.8. The van der Waals surface area contributed by atoms with Gasteiger partial charge in [0.05, 0.1) is 5.92 Å². The summed E-state index contributed by atoms with van der Waals surface area (Å²) in [5.41, 5.74) is -0.462. The van der Waals surface area contributed by atoms with E-state index in [1.165, 1.54) is 0 Å². The Bertz CT molecular complexity index is 425. The Hall–Kier alpha value is -1.30. The smallest absolute Gasteiger partial charge is 0.407 e. The van der Waals surface area contributed by atoms with Gasteiger partial charge < -0.3 is 20.1 Å². The maximum Gasteiger partial charge on any atom is 0.407 e. The van der Waals surface area contributed by atoms with Crippen LogP contribution in [0.5, 0.6) is 0 Å². The predicted octanol–water partition coefficient (Wildman–Crippen LogP) is 2.48. The van der Waals surface area contributed by atoms with Gasteiger partial charge in [0, 0.05) is 12.6 Å². The van der Waals surface area contributed by atoms with Crippen LogP contribution in [0.3, 0.4) is 0 Å². The van der Waals surface area contributed by atoms with Crippen molar-refractivity contribution in [2.75, 3.05) is 19.6 Å². The van der Waals surface area contributed by atoms with Crippen LogP contribution < -0.4 is 5.32 Å². The van der Waals surface area contributed by atoms with E-state index in [1.54, 1.807) is 0 Å². The van der Waals surface area contributed by atoms with E-state index in [0.29, 0.717) is 5.92 Å². The average molecular weight is 326 g/mol. The topological polar surface area (TPSA) is 78.9 Å². The lowest BCUT2D eigenvalue weighted by molar-refractivity contribution is -0.143. The molecule has 132 valence electrons. The van der Waals surface area contributed by atoms with Crippen LogP contribution >= 0.6 is 0 Å². The molecule has 6 heteroatoms. The number of carbonyl (C=O) groups excluding carboxylic acids is 1. The fraction of sp³-hybridized carbons (Fsp3) is 0.882. The summed E-state index contributed by atoms with van der Waals surface area (Å²) in [6, 6.07) is 0.200. The highest BCUT2D eigenvalue weighted by Crippen LogP contribution is 2.28. The van der Waals surface area contributed by atoms with Gasteiger partial charge in [-0.25, -0.2) is 4.79 Å². The molecule has 1 heterocycles. The zero-order valence-electron chi connectivity index (χ0n) is 14.5. The first-order valence-corrected chi connectivity index (χ1v) is 8.67. The van der Waals surface area contributed by atoms with E-state index in [4.69, 9.17) is 9.84 Å². The fourth-order valence-corrected chi connectivity index (χ4v) is 3.57. The first-order chi connectivity index (χ1) is 10.7. The van der Waals surface area contributed by atoms with Crippen molar-refractivity contribution in [3.63, 3.8) is 0 Å². The van der Waals surface area contributed by atoms with Gasteiger partial charge in [0.15, 0.2) is 0 Å². The highest BCUT2D eigenvalue weighted by atomic mass is 16.6. The van der Waals surface area contributed by atoms with Crippen molar-refractivity contribution in [2.24, 2.45) is 11.8 Å². The first kappa shape index (κ1) is 18.0. The van der Waals surface area contributed by atoms with Crippen molar-refractivity contribution in [1.82, 2.24) is 10.2 Å². The van der Waals surface area contributed by atoms with Crippen LogP contribution in [0.1, 0.15) is 52.9 Å². The molecule has 1 aliphatic carbocycles. The second-order valence-corrected chi connectivity index (χ2v) is 7.94. The number of nitrogens with zero attached hydrogens (tertiary/aromatic N) is 1. The fourth-order valence-electron chi connectivity index (χ4n) is 3.57. The van der Waals surface area contributed by atoms with Crippen LogP contribution in [-0.4, -0.2) is 53.3 Å². The Morgan fingerprint density at radius 1 is 1.17 bits per heavy atom. The van der Waals surface area contributed by atoms with Gasteiger partial charge in [-0.05, 0) is 71.9 Å². The number of ether oxygens (including phenoxy) is 1. The zero-order valence-corrected chi connectivity index (χ0v) is 14.5. The van der Waals surface area contributed by atoms with Crippen molar-refractivity contribution in [1.29, 1.82) is 0 Å². The quantitative estimate of drug-likeness (QED) is 0.830. The van der Waals surface area contributed by atoms with E-state index in [9.17, 15) is 9.59 Å². The normalized spacial score (nSPS) is 26.9. The number of piperidine rings is 1. The molecule has 0 spiro atoms. The molecular weight excluding hydrogens is 296 g/mol. The Morgan fingerprint density at radius 2 is 1.83 bits per heavy atom. The molecule has 1 saturated heterocycles. The lowest BCUT2D eigenvalue weighted by Crippen LogP contribution is -2.40. The number of nitrogens with one attached hydrogen (secondary N) is 1. The zero-order chi connectivity index (χ0) is 17.0. The summed E-state index contributed by atoms with van der Waals surface area (Å²) >= 11 is 0. The van der Waals surface area contributed by atoms with E-state index in [1.807, 2.05) is 20.8 Å². The molecule has 0 aromatic heterocycles. The number of carbonyl (C=O) groups is 2. The van der Waals surface area contributed by atoms with Gasteiger partial charge in [-0.1, -0.05) is 0 Å². The number of hydrogen-bond acceptors (Lipinski definition) is 4. The number of alkyl carbamates (subject to hydrolysis) is 1. The summed E-state index contributed by atoms with van der Waals surface area (Å²) in [7, 11) is 0. The van der Waals surface area contributed by atoms with Crippen LogP contribution in [0.15, 0.2) is 0 Å². The monoisotopic (exact) mass is 326 g/mol. The molecule has 1 amide bonds. The minimum atomic E-state index is -0.660. The van der Waals surface area contributed by atoms with E-state index in [0.717, 1.165) is 51.7 Å². The molecule has 0 aromatic rings. The van der Waals surface area contributed by atoms with Crippen LogP contribution in [0.4, 0.5) is 4.79 Å². The third kappa shape index (κ3) is 6.01. The van der Waals surface area contributed by atoms with Gasteiger partial charge in [0.25, 0.3) is 0 Å². The Labute approximate surface area is 138 Å². The third-order valence-electron chi connectivity index (χ3n) is 4.72. The number of likely N-dealkylation sites (tertiary alicyclic amines) is 1. The van der Waals surface area contributed by atoms with Crippen LogP contribution in [0.2, 0.25) is 0 Å². The molecule has 0 radical (unpaired) electrons. The standard InChI is InChI=1S/C17H30N2O4/c1-17(2,3)23-16(22)18-14-5-4-12(10-14)11-19-8-6-13(7-9-19)15(20)21/h12-14H,4-11H2,1-3H3,(H,18,22)(H,20,21)/t12-,14+/m1/s1. The second-order valence-electron chi connectivity index (χ2n) is 7.94. The second kappa shape index (κ2) is 7.51. The van der Waals surface area contributed by atoms with E-state index < -0.39 is 11.6 Å². The highest BCUT2D eigenvalue weighted by Gasteiger charge is 2.31. The van der Waals surface area contributed by atoms with Gasteiger partial charge in [0.2, 0.25) is 0 Å². The number of rotatable bonds is 4. The molecule has 0 unspecified atom stereocenters. The summed E-state index contributed by atoms with van der Waals surface area (Å²) in [6.45, 7) is 8.36. The maximum atomic E-state index is 11.8. The Balaban J connectivity index is 1.68. The molecule has 2 rings (SSSR count). The summed E-state index contributed by atoms with van der Waals surface area (Å²) in [6.07, 6.45) is 4.27. The molecule has 0 bridgehead atoms. The van der Waals surface area contributed by atoms with Crippen molar-refractivity contribution >= 4 is 12.1 Å². The van der Waals surface area contributed by atoms with Crippen LogP contribution in [0.25, 0.3) is 0 Å². The molecule has 1 aliphatic heterocycles. The summed E-state index contributed by atoms with van der Waals surface area (Å²) in [5, 5.41) is 12.0. The lowest BCUT2D eigenvalue weighted by Gasteiger charge is -2.31. The van der Waals surface area contributed by atoms with E-state index in [-0.39, 0.29) is 18.1 Å². The largest absolute Gasteiger partial charge is 0.481 e. The van der Waals surface area contributed by atoms with E-state index >= 15 is 0 Å². The van der Waals surface area contributed by atoms with E-state index in [2.05, 4.69) is 10.2 Å². The summed E-state index contributed by atoms with van der Waals surface area (Å²) < 4.78 is 5.30. The SMILES string of the molecule is CC(C)(C)OC(=O)N[C@H]1CC[C@@H](CN2CCC(C(=O)O)CC2)C1. The molecule has 2 aliphatic rings. The van der Waals surface area contributed by atoms with Crippen LogP contribution in [0, 0.1) is 11.8 Å². The molecule has 2 atom stereocenters.